The Labute approximate surface area is 222 Å². The zero-order valence-electron chi connectivity index (χ0n) is 21.9. The van der Waals surface area contributed by atoms with Crippen molar-refractivity contribution in [3.63, 3.8) is 0 Å². The van der Waals surface area contributed by atoms with E-state index in [2.05, 4.69) is 60.1 Å². The lowest BCUT2D eigenvalue weighted by Crippen LogP contribution is -2.31. The number of nitrogens with zero attached hydrogens (tertiary/aromatic N) is 4. The molecular weight excluding hydrogens is 474 g/mol. The van der Waals surface area contributed by atoms with Gasteiger partial charge in [0.05, 0.1) is 6.04 Å². The average Bonchev–Trinajstić information content (AvgIpc) is 3.42. The summed E-state index contributed by atoms with van der Waals surface area (Å²) in [5.74, 6) is 6.56. The molecule has 0 bridgehead atoms. The fraction of sp³-hybridized carbons (Fsp3) is 0.323. The topological polar surface area (TPSA) is 85.8 Å². The molecule has 7 heteroatoms. The maximum absolute atomic E-state index is 13.0. The number of carbonyl (C=O) groups is 1. The maximum atomic E-state index is 13.0. The van der Waals surface area contributed by atoms with Gasteiger partial charge in [-0.05, 0) is 55.6 Å². The van der Waals surface area contributed by atoms with Crippen molar-refractivity contribution in [3.05, 3.63) is 83.9 Å². The Hall–Kier alpha value is -4.15. The van der Waals surface area contributed by atoms with Crippen LogP contribution in [0.25, 0.3) is 16.8 Å². The molecule has 1 amide bonds. The standard InChI is InChI=1S/C31H31N5O2/c1-4-8-25(37)36-20-31(15-16-31)19-24(36)29-34-26(27-28(32)33-17-18-35(27)29)21-11-13-23(14-12-21)30(2,38-3)22-9-6-5-7-10-22/h5-7,9-14,17-18,24H,15-16,19-20H2,1-3H3,(H2,32,33). The quantitative estimate of drug-likeness (QED) is 0.387. The number of methoxy groups -OCH3 is 1. The average molecular weight is 506 g/mol. The highest BCUT2D eigenvalue weighted by molar-refractivity contribution is 5.94. The molecule has 6 rings (SSSR count). The third kappa shape index (κ3) is 3.84. The summed E-state index contributed by atoms with van der Waals surface area (Å²) in [6, 6.07) is 18.3. The molecule has 2 atom stereocenters. The molecule has 2 fully saturated rings. The normalized spacial score (nSPS) is 19.2. The number of benzene rings is 2. The van der Waals surface area contributed by atoms with E-state index in [-0.39, 0.29) is 17.4 Å². The van der Waals surface area contributed by atoms with E-state index in [9.17, 15) is 4.79 Å². The van der Waals surface area contributed by atoms with Crippen molar-refractivity contribution in [2.75, 3.05) is 19.4 Å². The van der Waals surface area contributed by atoms with Gasteiger partial charge in [-0.25, -0.2) is 9.97 Å². The predicted molar refractivity (Wildman–Crippen MR) is 147 cm³/mol. The van der Waals surface area contributed by atoms with Crippen LogP contribution in [0.4, 0.5) is 5.82 Å². The summed E-state index contributed by atoms with van der Waals surface area (Å²) >= 11 is 0. The molecule has 2 N–H and O–H groups in total. The van der Waals surface area contributed by atoms with Gasteiger partial charge in [-0.1, -0.05) is 60.5 Å². The zero-order valence-corrected chi connectivity index (χ0v) is 21.9. The van der Waals surface area contributed by atoms with E-state index in [0.717, 1.165) is 59.5 Å². The van der Waals surface area contributed by atoms with Gasteiger partial charge in [0.25, 0.3) is 5.91 Å². The third-order valence-corrected chi connectivity index (χ3v) is 8.31. The van der Waals surface area contributed by atoms with Gasteiger partial charge in [-0.2, -0.15) is 0 Å². The summed E-state index contributed by atoms with van der Waals surface area (Å²) in [6.07, 6.45) is 6.72. The molecule has 4 aromatic rings. The number of imidazole rings is 1. The smallest absolute Gasteiger partial charge is 0.299 e. The second-order valence-electron chi connectivity index (χ2n) is 10.6. The minimum Gasteiger partial charge on any atom is -0.382 e. The van der Waals surface area contributed by atoms with Crippen LogP contribution in [-0.2, 0) is 15.1 Å². The Balaban J connectivity index is 1.44. The van der Waals surface area contributed by atoms with Crippen molar-refractivity contribution in [1.82, 2.24) is 19.3 Å². The molecule has 3 heterocycles. The fourth-order valence-corrected chi connectivity index (χ4v) is 5.85. The highest BCUT2D eigenvalue weighted by Gasteiger charge is 2.54. The van der Waals surface area contributed by atoms with E-state index in [1.807, 2.05) is 33.7 Å². The van der Waals surface area contributed by atoms with Crippen LogP contribution in [0.3, 0.4) is 0 Å². The van der Waals surface area contributed by atoms with Crippen molar-refractivity contribution >= 4 is 17.2 Å². The van der Waals surface area contributed by atoms with E-state index in [0.29, 0.717) is 5.82 Å². The van der Waals surface area contributed by atoms with Crippen LogP contribution in [-0.4, -0.2) is 38.8 Å². The van der Waals surface area contributed by atoms with E-state index in [1.165, 1.54) is 0 Å². The first kappa shape index (κ1) is 24.2. The van der Waals surface area contributed by atoms with E-state index in [1.54, 1.807) is 20.2 Å². The monoisotopic (exact) mass is 505 g/mol. The van der Waals surface area contributed by atoms with Gasteiger partial charge >= 0.3 is 0 Å². The molecule has 38 heavy (non-hydrogen) atoms. The number of ether oxygens (including phenoxy) is 1. The fourth-order valence-electron chi connectivity index (χ4n) is 5.85. The summed E-state index contributed by atoms with van der Waals surface area (Å²) in [7, 11) is 1.73. The van der Waals surface area contributed by atoms with Crippen LogP contribution in [0.15, 0.2) is 67.0 Å². The van der Waals surface area contributed by atoms with Crippen LogP contribution in [0, 0.1) is 17.3 Å². The van der Waals surface area contributed by atoms with Crippen molar-refractivity contribution in [2.24, 2.45) is 5.41 Å². The first-order valence-electron chi connectivity index (χ1n) is 13.0. The first-order chi connectivity index (χ1) is 18.4. The number of likely N-dealkylation sites (tertiary alicyclic amines) is 1. The van der Waals surface area contributed by atoms with Crippen molar-refractivity contribution in [3.8, 4) is 23.1 Å². The number of hydrogen-bond donors (Lipinski definition) is 1. The maximum Gasteiger partial charge on any atom is 0.299 e. The Kier molecular flexibility index (Phi) is 5.73. The highest BCUT2D eigenvalue weighted by atomic mass is 16.5. The van der Waals surface area contributed by atoms with Crippen LogP contribution in [0.1, 0.15) is 56.1 Å². The SMILES string of the molecule is CC#CC(=O)N1CC2(CC2)CC1c1nc(-c2ccc(C(C)(OC)c3ccccc3)cc2)c2c(N)nccn12. The second kappa shape index (κ2) is 9.00. The van der Waals surface area contributed by atoms with Gasteiger partial charge < -0.3 is 15.4 Å². The summed E-state index contributed by atoms with van der Waals surface area (Å²) in [5, 5.41) is 0. The third-order valence-electron chi connectivity index (χ3n) is 8.31. The Bertz CT molecular complexity index is 1580. The Morgan fingerprint density at radius 3 is 2.50 bits per heavy atom. The number of hydrogen-bond acceptors (Lipinski definition) is 5. The number of nitrogens with two attached hydrogens (primary N) is 1. The van der Waals surface area contributed by atoms with Crippen LogP contribution in [0.5, 0.6) is 0 Å². The Morgan fingerprint density at radius 1 is 1.13 bits per heavy atom. The minimum absolute atomic E-state index is 0.147. The number of rotatable bonds is 5. The zero-order chi connectivity index (χ0) is 26.5. The lowest BCUT2D eigenvalue weighted by atomic mass is 9.87. The Morgan fingerprint density at radius 2 is 1.84 bits per heavy atom. The molecule has 1 spiro atoms. The molecular formula is C31H31N5O2. The van der Waals surface area contributed by atoms with Gasteiger partial charge in [-0.3, -0.25) is 9.20 Å². The summed E-state index contributed by atoms with van der Waals surface area (Å²) in [5.41, 5.74) is 10.5. The molecule has 1 aliphatic heterocycles. The van der Waals surface area contributed by atoms with Crippen LogP contribution in [0.2, 0.25) is 0 Å². The van der Waals surface area contributed by atoms with Crippen LogP contribution < -0.4 is 5.73 Å². The number of nitrogen functional groups attached to an aromatic ring is 1. The van der Waals surface area contributed by atoms with E-state index in [4.69, 9.17) is 15.5 Å². The van der Waals surface area contributed by atoms with Gasteiger partial charge in [0.15, 0.2) is 0 Å². The van der Waals surface area contributed by atoms with Gasteiger partial charge in [0.1, 0.15) is 28.5 Å². The molecule has 2 aromatic carbocycles. The predicted octanol–water partition coefficient (Wildman–Crippen LogP) is 4.97. The number of carbonyl (C=O) groups excluding carboxylic acids is 1. The molecule has 1 aliphatic carbocycles. The highest BCUT2D eigenvalue weighted by Crippen LogP contribution is 2.58. The summed E-state index contributed by atoms with van der Waals surface area (Å²) in [6.45, 7) is 4.49. The lowest BCUT2D eigenvalue weighted by molar-refractivity contribution is -0.126. The summed E-state index contributed by atoms with van der Waals surface area (Å²) < 4.78 is 8.00. The lowest BCUT2D eigenvalue weighted by Gasteiger charge is -2.29. The molecule has 2 aliphatic rings. The molecule has 0 radical (unpaired) electrons. The van der Waals surface area contributed by atoms with Gasteiger partial charge in [0.2, 0.25) is 0 Å². The second-order valence-corrected chi connectivity index (χ2v) is 10.6. The molecule has 2 unspecified atom stereocenters. The number of anilines is 1. The first-order valence-corrected chi connectivity index (χ1v) is 13.0. The van der Waals surface area contributed by atoms with E-state index < -0.39 is 5.60 Å². The number of amides is 1. The molecule has 7 nitrogen and oxygen atoms in total. The number of aromatic nitrogens is 3. The van der Waals surface area contributed by atoms with Crippen LogP contribution >= 0.6 is 0 Å². The minimum atomic E-state index is -0.592. The van der Waals surface area contributed by atoms with E-state index >= 15 is 0 Å². The molecule has 192 valence electrons. The van der Waals surface area contributed by atoms with Crippen molar-refractivity contribution in [2.45, 2.75) is 44.8 Å². The van der Waals surface area contributed by atoms with Crippen molar-refractivity contribution in [1.29, 1.82) is 0 Å². The molecule has 1 saturated carbocycles. The van der Waals surface area contributed by atoms with Gasteiger partial charge in [0, 0.05) is 31.6 Å². The summed E-state index contributed by atoms with van der Waals surface area (Å²) in [4.78, 5) is 24.4. The number of fused-ring (bicyclic) bond motifs is 1. The molecule has 1 saturated heterocycles. The van der Waals surface area contributed by atoms with Crippen molar-refractivity contribution < 1.29 is 9.53 Å². The van der Waals surface area contributed by atoms with Gasteiger partial charge in [-0.15, -0.1) is 0 Å². The largest absolute Gasteiger partial charge is 0.382 e. The molecule has 2 aromatic heterocycles.